The molecule has 96 valence electrons. The number of hydrogen-bond donors (Lipinski definition) is 2. The summed E-state index contributed by atoms with van der Waals surface area (Å²) in [5.41, 5.74) is 0. The molecule has 0 atom stereocenters. The third-order valence-electron chi connectivity index (χ3n) is 1.24. The molecule has 0 aliphatic carbocycles. The Labute approximate surface area is 113 Å². The van der Waals surface area contributed by atoms with E-state index in [0.717, 1.165) is 0 Å². The van der Waals surface area contributed by atoms with Gasteiger partial charge in [0, 0.05) is 49.6 Å². The van der Waals surface area contributed by atoms with Crippen LogP contribution >= 0.6 is 24.8 Å². The predicted molar refractivity (Wildman–Crippen MR) is 77.9 cm³/mol. The first-order valence-electron chi connectivity index (χ1n) is 4.19. The molecule has 0 aromatic carbocycles. The minimum atomic E-state index is 0. The molecule has 4 N–H and O–H groups in total. The highest BCUT2D eigenvalue weighted by Crippen LogP contribution is 1.76. The Balaban J connectivity index is -0.000000196. The van der Waals surface area contributed by atoms with Gasteiger partial charge in [0.05, 0.1) is 0 Å². The fourth-order valence-corrected chi connectivity index (χ4v) is 0.679. The van der Waals surface area contributed by atoms with Gasteiger partial charge in [0.1, 0.15) is 0 Å². The summed E-state index contributed by atoms with van der Waals surface area (Å²) in [7, 11) is 0. The maximum absolute atomic E-state index is 3.82. The second-order valence-corrected chi connectivity index (χ2v) is 2.28. The van der Waals surface area contributed by atoms with Crippen LogP contribution in [0.15, 0.2) is 59.3 Å². The van der Waals surface area contributed by atoms with Crippen LogP contribution in [0.5, 0.6) is 0 Å². The molecule has 2 heterocycles. The Bertz CT molecular complexity index is 262. The Morgan fingerprint density at radius 3 is 1.47 bits per heavy atom. The fourth-order valence-electron chi connectivity index (χ4n) is 0.679. The normalized spacial score (nSPS) is 13.2. The second kappa shape index (κ2) is 16.9. The quantitative estimate of drug-likeness (QED) is 0.701. The van der Waals surface area contributed by atoms with E-state index in [1.165, 1.54) is 0 Å². The van der Waals surface area contributed by atoms with Gasteiger partial charge >= 0.3 is 0 Å². The number of nitrogens with one attached hydrogen (secondary N) is 2. The molecule has 0 aromatic heterocycles. The van der Waals surface area contributed by atoms with Gasteiger partial charge in [0.2, 0.25) is 0 Å². The van der Waals surface area contributed by atoms with Gasteiger partial charge in [-0.2, -0.15) is 0 Å². The van der Waals surface area contributed by atoms with Crippen molar-refractivity contribution in [2.45, 2.75) is 0 Å². The van der Waals surface area contributed by atoms with Crippen LogP contribution in [0.3, 0.4) is 0 Å². The number of allylic oxidation sites excluding steroid dienone is 2. The SMILES string of the molecule is C1=CNC=CN=C1.C1=CNC=CN=C1.Cl.Cl.O. The zero-order chi connectivity index (χ0) is 9.90. The van der Waals surface area contributed by atoms with Crippen LogP contribution in [0, 0.1) is 0 Å². The molecule has 5 nitrogen and oxygen atoms in total. The van der Waals surface area contributed by atoms with E-state index in [9.17, 15) is 0 Å². The molecule has 0 radical (unpaired) electrons. The lowest BCUT2D eigenvalue weighted by Gasteiger charge is -1.78. The van der Waals surface area contributed by atoms with Crippen LogP contribution < -0.4 is 10.6 Å². The number of halogens is 2. The van der Waals surface area contributed by atoms with E-state index < -0.39 is 0 Å². The molecule has 17 heavy (non-hydrogen) atoms. The lowest BCUT2D eigenvalue weighted by Crippen LogP contribution is -1.87. The molecule has 2 aliphatic rings. The number of aliphatic imine (C=N–C) groups is 2. The highest BCUT2D eigenvalue weighted by molar-refractivity contribution is 5.85. The molecular weight excluding hydrogens is 263 g/mol. The molecule has 0 amide bonds. The standard InChI is InChI=1S/2C5H6N2.2ClH.H2O/c2*1-2-6-4-5-7-3-1;;;/h2*1-6H;2*1H;1H2. The molecule has 0 unspecified atom stereocenters. The first-order chi connectivity index (χ1) is 7.00. The monoisotopic (exact) mass is 278 g/mol. The molecule has 0 saturated carbocycles. The van der Waals surface area contributed by atoms with Crippen LogP contribution in [0.4, 0.5) is 0 Å². The predicted octanol–water partition coefficient (Wildman–Crippen LogP) is 1.31. The fraction of sp³-hybridized carbons (Fsp3) is 0. The lowest BCUT2D eigenvalue weighted by atomic mass is 10.7. The molecule has 0 aromatic rings. The lowest BCUT2D eigenvalue weighted by molar-refractivity contribution is 0.824. The van der Waals surface area contributed by atoms with Crippen LogP contribution in [-0.4, -0.2) is 17.9 Å². The van der Waals surface area contributed by atoms with Crippen molar-refractivity contribution in [2.75, 3.05) is 0 Å². The minimum Gasteiger partial charge on any atom is -0.412 e. The molecule has 7 heteroatoms. The number of nitrogens with zero attached hydrogens (tertiary/aromatic N) is 2. The zero-order valence-electron chi connectivity index (χ0n) is 8.98. The van der Waals surface area contributed by atoms with Crippen LogP contribution in [-0.2, 0) is 0 Å². The third-order valence-corrected chi connectivity index (χ3v) is 1.24. The van der Waals surface area contributed by atoms with Crippen molar-refractivity contribution in [3.8, 4) is 0 Å². The summed E-state index contributed by atoms with van der Waals surface area (Å²) >= 11 is 0. The van der Waals surface area contributed by atoms with Gasteiger partial charge in [0.25, 0.3) is 0 Å². The van der Waals surface area contributed by atoms with Crippen molar-refractivity contribution < 1.29 is 5.48 Å². The van der Waals surface area contributed by atoms with Gasteiger partial charge in [-0.1, -0.05) is 0 Å². The minimum absolute atomic E-state index is 0. The van der Waals surface area contributed by atoms with Crippen molar-refractivity contribution in [3.05, 3.63) is 49.4 Å². The van der Waals surface area contributed by atoms with Crippen LogP contribution in [0.1, 0.15) is 0 Å². The van der Waals surface area contributed by atoms with Crippen molar-refractivity contribution in [3.63, 3.8) is 0 Å². The summed E-state index contributed by atoms with van der Waals surface area (Å²) < 4.78 is 0. The summed E-state index contributed by atoms with van der Waals surface area (Å²) in [6.07, 6.45) is 17.6. The third kappa shape index (κ3) is 14.4. The van der Waals surface area contributed by atoms with Gasteiger partial charge in [-0.25, -0.2) is 0 Å². The molecule has 0 fully saturated rings. The van der Waals surface area contributed by atoms with E-state index >= 15 is 0 Å². The van der Waals surface area contributed by atoms with Crippen LogP contribution in [0.2, 0.25) is 0 Å². The average molecular weight is 279 g/mol. The topological polar surface area (TPSA) is 80.3 Å². The van der Waals surface area contributed by atoms with Gasteiger partial charge in [-0.05, 0) is 12.2 Å². The van der Waals surface area contributed by atoms with Crippen molar-refractivity contribution in [2.24, 2.45) is 9.98 Å². The number of rotatable bonds is 0. The molecule has 0 saturated heterocycles. The van der Waals surface area contributed by atoms with E-state index in [0.29, 0.717) is 0 Å². The van der Waals surface area contributed by atoms with E-state index in [1.54, 1.807) is 37.2 Å². The number of hydrogen-bond acceptors (Lipinski definition) is 4. The van der Waals surface area contributed by atoms with Gasteiger partial charge in [-0.3, -0.25) is 9.98 Å². The van der Waals surface area contributed by atoms with E-state index in [4.69, 9.17) is 0 Å². The van der Waals surface area contributed by atoms with Gasteiger partial charge in [-0.15, -0.1) is 24.8 Å². The maximum Gasteiger partial charge on any atom is 0.0427 e. The Morgan fingerprint density at radius 1 is 0.647 bits per heavy atom. The van der Waals surface area contributed by atoms with Crippen molar-refractivity contribution in [1.82, 2.24) is 10.6 Å². The highest BCUT2D eigenvalue weighted by atomic mass is 35.5. The summed E-state index contributed by atoms with van der Waals surface area (Å²) in [5, 5.41) is 5.72. The Hall–Kier alpha value is -1.56. The average Bonchev–Trinajstić information content (AvgIpc) is 2.68. The molecule has 2 rings (SSSR count). The largest absolute Gasteiger partial charge is 0.412 e. The van der Waals surface area contributed by atoms with Crippen molar-refractivity contribution in [1.29, 1.82) is 0 Å². The van der Waals surface area contributed by atoms with E-state index in [1.807, 2.05) is 24.6 Å². The zero-order valence-corrected chi connectivity index (χ0v) is 10.6. The molecule has 2 aliphatic heterocycles. The van der Waals surface area contributed by atoms with E-state index in [2.05, 4.69) is 20.6 Å². The second-order valence-electron chi connectivity index (χ2n) is 2.28. The molecule has 0 spiro atoms. The highest BCUT2D eigenvalue weighted by Gasteiger charge is 1.68. The van der Waals surface area contributed by atoms with E-state index in [-0.39, 0.29) is 30.3 Å². The van der Waals surface area contributed by atoms with Crippen molar-refractivity contribution >= 4 is 37.2 Å². The van der Waals surface area contributed by atoms with Gasteiger partial charge < -0.3 is 16.1 Å². The summed E-state index contributed by atoms with van der Waals surface area (Å²) in [6, 6.07) is 0. The first-order valence-corrected chi connectivity index (χ1v) is 4.19. The maximum atomic E-state index is 3.82. The first kappa shape index (κ1) is 20.8. The summed E-state index contributed by atoms with van der Waals surface area (Å²) in [4.78, 5) is 7.63. The Kier molecular flexibility index (Phi) is 20.6. The molecule has 0 bridgehead atoms. The smallest absolute Gasteiger partial charge is 0.0427 e. The summed E-state index contributed by atoms with van der Waals surface area (Å²) in [5.74, 6) is 0. The van der Waals surface area contributed by atoms with Gasteiger partial charge in [0.15, 0.2) is 0 Å². The summed E-state index contributed by atoms with van der Waals surface area (Å²) in [6.45, 7) is 0. The Morgan fingerprint density at radius 2 is 1.06 bits per heavy atom. The van der Waals surface area contributed by atoms with Crippen LogP contribution in [0.25, 0.3) is 0 Å². The molecular formula is C10H16Cl2N4O.